The van der Waals surface area contributed by atoms with Crippen LogP contribution in [0.5, 0.6) is 0 Å². The van der Waals surface area contributed by atoms with Crippen molar-refractivity contribution in [2.24, 2.45) is 5.41 Å². The Kier molecular flexibility index (Phi) is 4.92. The third-order valence-electron chi connectivity index (χ3n) is 6.23. The summed E-state index contributed by atoms with van der Waals surface area (Å²) in [4.78, 5) is 32.8. The first-order valence-electron chi connectivity index (χ1n) is 10.0. The molecule has 0 aliphatic carbocycles. The van der Waals surface area contributed by atoms with Crippen LogP contribution in [-0.2, 0) is 16.0 Å². The second kappa shape index (κ2) is 7.38. The molecule has 5 nitrogen and oxygen atoms in total. The third kappa shape index (κ3) is 2.99. The van der Waals surface area contributed by atoms with Gasteiger partial charge in [-0.25, -0.2) is 0 Å². The molecule has 2 fully saturated rings. The highest BCUT2D eigenvalue weighted by Gasteiger charge is 2.62. The number of ether oxygens (including phenoxy) is 1. The van der Waals surface area contributed by atoms with Crippen molar-refractivity contribution >= 4 is 11.9 Å². The van der Waals surface area contributed by atoms with Gasteiger partial charge >= 0.3 is 5.97 Å². The number of esters is 1. The van der Waals surface area contributed by atoms with E-state index in [1.807, 2.05) is 61.2 Å². The van der Waals surface area contributed by atoms with Gasteiger partial charge in [0.1, 0.15) is 5.69 Å². The van der Waals surface area contributed by atoms with Crippen molar-refractivity contribution in [3.05, 3.63) is 65.5 Å². The summed E-state index contributed by atoms with van der Waals surface area (Å²) in [6.07, 6.45) is 4.66. The number of hydrogen-bond acceptors (Lipinski definition) is 4. The summed E-state index contributed by atoms with van der Waals surface area (Å²) in [6.45, 7) is 4.09. The molecule has 0 N–H and O–H groups in total. The molecule has 2 saturated heterocycles. The van der Waals surface area contributed by atoms with Crippen LogP contribution in [0.1, 0.15) is 47.8 Å². The fraction of sp³-hybridized carbons (Fsp3) is 0.435. The molecule has 4 rings (SSSR count). The van der Waals surface area contributed by atoms with Gasteiger partial charge in [0.25, 0.3) is 5.91 Å². The number of benzene rings is 1. The van der Waals surface area contributed by atoms with E-state index in [4.69, 9.17) is 4.74 Å². The predicted molar refractivity (Wildman–Crippen MR) is 106 cm³/mol. The lowest BCUT2D eigenvalue weighted by molar-refractivity contribution is -0.157. The Labute approximate surface area is 165 Å². The van der Waals surface area contributed by atoms with E-state index in [0.717, 1.165) is 24.0 Å². The molecule has 2 bridgehead atoms. The van der Waals surface area contributed by atoms with Gasteiger partial charge in [0.15, 0.2) is 0 Å². The predicted octanol–water partition coefficient (Wildman–Crippen LogP) is 3.56. The molecule has 2 aromatic rings. The average Bonchev–Trinajstić information content (AvgIpc) is 3.25. The van der Waals surface area contributed by atoms with Crippen LogP contribution in [0, 0.1) is 12.3 Å². The van der Waals surface area contributed by atoms with Gasteiger partial charge in [-0.15, -0.1) is 0 Å². The maximum atomic E-state index is 13.4. The Morgan fingerprint density at radius 2 is 1.96 bits per heavy atom. The molecule has 3 atom stereocenters. The summed E-state index contributed by atoms with van der Waals surface area (Å²) in [6, 6.07) is 13.7. The van der Waals surface area contributed by atoms with Crippen molar-refractivity contribution in [1.29, 1.82) is 0 Å². The highest BCUT2D eigenvalue weighted by atomic mass is 16.5. The highest BCUT2D eigenvalue weighted by molar-refractivity contribution is 5.95. The van der Waals surface area contributed by atoms with Crippen LogP contribution in [0.2, 0.25) is 0 Å². The normalized spacial score (nSPS) is 25.7. The van der Waals surface area contributed by atoms with Crippen LogP contribution in [0.4, 0.5) is 0 Å². The molecular weight excluding hydrogens is 352 g/mol. The van der Waals surface area contributed by atoms with Gasteiger partial charge in [-0.2, -0.15) is 0 Å². The number of hydrogen-bond donors (Lipinski definition) is 0. The number of fused-ring (bicyclic) bond motifs is 2. The van der Waals surface area contributed by atoms with Crippen molar-refractivity contribution in [2.75, 3.05) is 6.61 Å². The van der Waals surface area contributed by atoms with Crippen molar-refractivity contribution < 1.29 is 14.3 Å². The Morgan fingerprint density at radius 3 is 2.68 bits per heavy atom. The van der Waals surface area contributed by atoms with Crippen LogP contribution >= 0.6 is 0 Å². The second-order valence-electron chi connectivity index (χ2n) is 7.87. The van der Waals surface area contributed by atoms with Crippen LogP contribution in [0.15, 0.2) is 48.7 Å². The molecule has 3 heterocycles. The summed E-state index contributed by atoms with van der Waals surface area (Å²) in [7, 11) is 0. The minimum absolute atomic E-state index is 0.0621. The lowest BCUT2D eigenvalue weighted by Crippen LogP contribution is -2.47. The van der Waals surface area contributed by atoms with Crippen molar-refractivity contribution in [1.82, 2.24) is 9.88 Å². The van der Waals surface area contributed by atoms with E-state index >= 15 is 0 Å². The lowest BCUT2D eigenvalue weighted by atomic mass is 9.70. The molecular formula is C23H26N2O3. The van der Waals surface area contributed by atoms with Crippen LogP contribution in [-0.4, -0.2) is 40.5 Å². The molecule has 146 valence electrons. The van der Waals surface area contributed by atoms with Gasteiger partial charge in [0, 0.05) is 18.3 Å². The number of aromatic nitrogens is 1. The Bertz CT molecular complexity index is 882. The fourth-order valence-electron chi connectivity index (χ4n) is 5.04. The number of carbonyl (C=O) groups excluding carboxylic acids is 2. The van der Waals surface area contributed by atoms with Gasteiger partial charge in [-0.1, -0.05) is 36.4 Å². The van der Waals surface area contributed by atoms with Crippen molar-refractivity contribution in [3.63, 3.8) is 0 Å². The number of rotatable bonds is 5. The van der Waals surface area contributed by atoms with E-state index in [1.54, 1.807) is 6.20 Å². The molecule has 1 aromatic carbocycles. The molecule has 28 heavy (non-hydrogen) atoms. The Morgan fingerprint density at radius 1 is 1.18 bits per heavy atom. The summed E-state index contributed by atoms with van der Waals surface area (Å²) >= 11 is 0. The molecule has 0 saturated carbocycles. The van der Waals surface area contributed by atoms with Gasteiger partial charge in [-0.05, 0) is 56.7 Å². The number of aryl methyl sites for hydroxylation is 1. The smallest absolute Gasteiger partial charge is 0.314 e. The van der Waals surface area contributed by atoms with Crippen LogP contribution in [0.25, 0.3) is 0 Å². The zero-order chi connectivity index (χ0) is 19.7. The summed E-state index contributed by atoms with van der Waals surface area (Å²) in [5.74, 6) is -0.244. The fourth-order valence-corrected chi connectivity index (χ4v) is 5.04. The zero-order valence-corrected chi connectivity index (χ0v) is 16.4. The number of nitrogens with zero attached hydrogens (tertiary/aromatic N) is 2. The largest absolute Gasteiger partial charge is 0.465 e. The van der Waals surface area contributed by atoms with Crippen LogP contribution in [0.3, 0.4) is 0 Å². The van der Waals surface area contributed by atoms with Gasteiger partial charge < -0.3 is 9.64 Å². The van der Waals surface area contributed by atoms with Crippen molar-refractivity contribution in [2.45, 2.75) is 51.6 Å². The number of carbonyl (C=O) groups is 2. The van der Waals surface area contributed by atoms with E-state index in [9.17, 15) is 9.59 Å². The molecule has 0 radical (unpaired) electrons. The minimum Gasteiger partial charge on any atom is -0.465 e. The first kappa shape index (κ1) is 18.7. The minimum atomic E-state index is -0.682. The highest BCUT2D eigenvalue weighted by Crippen LogP contribution is 2.52. The third-order valence-corrected chi connectivity index (χ3v) is 6.23. The van der Waals surface area contributed by atoms with E-state index in [0.29, 0.717) is 25.1 Å². The molecule has 2 aliphatic heterocycles. The molecule has 1 aromatic heterocycles. The van der Waals surface area contributed by atoms with E-state index < -0.39 is 5.41 Å². The monoisotopic (exact) mass is 378 g/mol. The lowest BCUT2D eigenvalue weighted by Gasteiger charge is -2.35. The van der Waals surface area contributed by atoms with Gasteiger partial charge in [-0.3, -0.25) is 14.6 Å². The quantitative estimate of drug-likeness (QED) is 0.747. The van der Waals surface area contributed by atoms with E-state index in [1.165, 1.54) is 0 Å². The molecule has 0 spiro atoms. The Hall–Kier alpha value is -2.69. The van der Waals surface area contributed by atoms with Gasteiger partial charge in [0.2, 0.25) is 0 Å². The first-order valence-corrected chi connectivity index (χ1v) is 10.0. The Balaban J connectivity index is 1.70. The average molecular weight is 378 g/mol. The standard InChI is InChI=1S/C23H26N2O3/c1-3-28-22(27)23(14-17-9-5-4-6-10-17)15-18-11-12-19(23)25(18)21(26)20-16(2)8-7-13-24-20/h4-10,13,18-19H,3,11-12,14-15H2,1-2H3/t18-,19+,23+/m1/s1. The molecule has 5 heteroatoms. The summed E-state index contributed by atoms with van der Waals surface area (Å²) in [5, 5.41) is 0. The zero-order valence-electron chi connectivity index (χ0n) is 16.4. The van der Waals surface area contributed by atoms with Crippen molar-refractivity contribution in [3.8, 4) is 0 Å². The SMILES string of the molecule is CCOC(=O)[C@@]1(Cc2ccccc2)C[C@H]2CC[C@@H]1N2C(=O)c1ncccc1C. The van der Waals surface area contributed by atoms with E-state index in [2.05, 4.69) is 4.98 Å². The summed E-state index contributed by atoms with van der Waals surface area (Å²) in [5.41, 5.74) is 1.77. The molecule has 0 unspecified atom stereocenters. The van der Waals surface area contributed by atoms with E-state index in [-0.39, 0.29) is 24.0 Å². The number of amides is 1. The van der Waals surface area contributed by atoms with Crippen LogP contribution < -0.4 is 0 Å². The maximum Gasteiger partial charge on any atom is 0.314 e. The number of pyridine rings is 1. The first-order chi connectivity index (χ1) is 13.6. The topological polar surface area (TPSA) is 59.5 Å². The second-order valence-corrected chi connectivity index (χ2v) is 7.87. The molecule has 2 aliphatic rings. The molecule has 1 amide bonds. The summed E-state index contributed by atoms with van der Waals surface area (Å²) < 4.78 is 5.52. The maximum absolute atomic E-state index is 13.4. The van der Waals surface area contributed by atoms with Gasteiger partial charge in [0.05, 0.1) is 12.0 Å².